The lowest BCUT2D eigenvalue weighted by molar-refractivity contribution is 0.279. The molecule has 0 radical (unpaired) electrons. The molecule has 5 heteroatoms. The standard InChI is InChI=1S/C15H26N4O/c1-11(2)13-14(16-3)17-10-18-15(13)19-8-4-6-12(19)7-5-9-20/h10-12,20H,4-9H2,1-3H3,(H,16,17,18). The summed E-state index contributed by atoms with van der Waals surface area (Å²) < 4.78 is 0. The minimum atomic E-state index is 0.271. The molecule has 0 spiro atoms. The SMILES string of the molecule is CNc1ncnc(N2CCCC2CCCO)c1C(C)C. The van der Waals surface area contributed by atoms with Crippen LogP contribution in [0.4, 0.5) is 11.6 Å². The topological polar surface area (TPSA) is 61.3 Å². The van der Waals surface area contributed by atoms with Crippen LogP contribution in [0.5, 0.6) is 0 Å². The van der Waals surface area contributed by atoms with Crippen molar-refractivity contribution in [3.63, 3.8) is 0 Å². The number of rotatable bonds is 6. The summed E-state index contributed by atoms with van der Waals surface area (Å²) in [4.78, 5) is 11.3. The molecule has 2 heterocycles. The molecule has 1 aliphatic rings. The summed E-state index contributed by atoms with van der Waals surface area (Å²) in [6.07, 6.45) is 5.94. The van der Waals surface area contributed by atoms with E-state index in [1.807, 2.05) is 7.05 Å². The Morgan fingerprint density at radius 1 is 1.45 bits per heavy atom. The Kier molecular flexibility index (Phi) is 5.17. The fourth-order valence-corrected chi connectivity index (χ4v) is 3.09. The Bertz CT molecular complexity index is 436. The van der Waals surface area contributed by atoms with E-state index in [-0.39, 0.29) is 6.61 Å². The highest BCUT2D eigenvalue weighted by atomic mass is 16.2. The summed E-state index contributed by atoms with van der Waals surface area (Å²) in [7, 11) is 1.91. The molecule has 1 unspecified atom stereocenters. The van der Waals surface area contributed by atoms with Gasteiger partial charge in [-0.1, -0.05) is 13.8 Å². The van der Waals surface area contributed by atoms with Gasteiger partial charge in [-0.2, -0.15) is 0 Å². The van der Waals surface area contributed by atoms with E-state index in [1.54, 1.807) is 6.33 Å². The van der Waals surface area contributed by atoms with Crippen LogP contribution in [0, 0.1) is 0 Å². The fraction of sp³-hybridized carbons (Fsp3) is 0.733. The molecule has 2 rings (SSSR count). The van der Waals surface area contributed by atoms with Crippen molar-refractivity contribution in [2.24, 2.45) is 0 Å². The smallest absolute Gasteiger partial charge is 0.137 e. The predicted molar refractivity (Wildman–Crippen MR) is 82.4 cm³/mol. The van der Waals surface area contributed by atoms with Crippen molar-refractivity contribution in [2.75, 3.05) is 30.4 Å². The molecule has 1 aromatic rings. The van der Waals surface area contributed by atoms with E-state index in [1.165, 1.54) is 18.4 Å². The zero-order valence-corrected chi connectivity index (χ0v) is 12.8. The van der Waals surface area contributed by atoms with Gasteiger partial charge in [0.05, 0.1) is 0 Å². The van der Waals surface area contributed by atoms with Crippen molar-refractivity contribution in [1.82, 2.24) is 9.97 Å². The second-order valence-corrected chi connectivity index (χ2v) is 5.72. The molecule has 2 N–H and O–H groups in total. The average Bonchev–Trinajstić information content (AvgIpc) is 2.92. The molecule has 1 saturated heterocycles. The van der Waals surface area contributed by atoms with Gasteiger partial charge in [-0.05, 0) is 31.6 Å². The first-order valence-electron chi connectivity index (χ1n) is 7.59. The van der Waals surface area contributed by atoms with Crippen LogP contribution in [0.3, 0.4) is 0 Å². The number of nitrogens with zero attached hydrogens (tertiary/aromatic N) is 3. The number of aliphatic hydroxyl groups excluding tert-OH is 1. The first-order chi connectivity index (χ1) is 9.69. The van der Waals surface area contributed by atoms with Crippen molar-refractivity contribution in [2.45, 2.75) is 51.5 Å². The minimum absolute atomic E-state index is 0.271. The van der Waals surface area contributed by atoms with Gasteiger partial charge in [0.25, 0.3) is 0 Å². The second-order valence-electron chi connectivity index (χ2n) is 5.72. The lowest BCUT2D eigenvalue weighted by Crippen LogP contribution is -2.31. The van der Waals surface area contributed by atoms with Crippen LogP contribution in [0.15, 0.2) is 6.33 Å². The molecule has 0 aliphatic carbocycles. The first-order valence-corrected chi connectivity index (χ1v) is 7.59. The van der Waals surface area contributed by atoms with E-state index in [0.29, 0.717) is 12.0 Å². The maximum Gasteiger partial charge on any atom is 0.137 e. The quantitative estimate of drug-likeness (QED) is 0.836. The minimum Gasteiger partial charge on any atom is -0.396 e. The van der Waals surface area contributed by atoms with E-state index in [4.69, 9.17) is 5.11 Å². The maximum absolute atomic E-state index is 9.05. The third-order valence-electron chi connectivity index (χ3n) is 4.02. The van der Waals surface area contributed by atoms with E-state index in [2.05, 4.69) is 34.0 Å². The number of anilines is 2. The number of hydrogen-bond donors (Lipinski definition) is 2. The van der Waals surface area contributed by atoms with Gasteiger partial charge in [0.15, 0.2) is 0 Å². The summed E-state index contributed by atoms with van der Waals surface area (Å²) >= 11 is 0. The number of nitrogens with one attached hydrogen (secondary N) is 1. The third kappa shape index (κ3) is 3.03. The van der Waals surface area contributed by atoms with Crippen LogP contribution in [0.2, 0.25) is 0 Å². The van der Waals surface area contributed by atoms with Gasteiger partial charge in [-0.25, -0.2) is 9.97 Å². The summed E-state index contributed by atoms with van der Waals surface area (Å²) in [5, 5.41) is 12.2. The average molecular weight is 278 g/mol. The molecular weight excluding hydrogens is 252 g/mol. The van der Waals surface area contributed by atoms with Crippen molar-refractivity contribution in [3.8, 4) is 0 Å². The van der Waals surface area contributed by atoms with Gasteiger partial charge >= 0.3 is 0 Å². The van der Waals surface area contributed by atoms with E-state index < -0.39 is 0 Å². The summed E-state index contributed by atoms with van der Waals surface area (Å²) in [6.45, 7) is 5.69. The van der Waals surface area contributed by atoms with Crippen molar-refractivity contribution >= 4 is 11.6 Å². The Hall–Kier alpha value is -1.36. The Morgan fingerprint density at radius 2 is 2.25 bits per heavy atom. The Balaban J connectivity index is 2.31. The summed E-state index contributed by atoms with van der Waals surface area (Å²) in [6, 6.07) is 0.499. The molecule has 112 valence electrons. The number of aromatic nitrogens is 2. The lowest BCUT2D eigenvalue weighted by Gasteiger charge is -2.29. The van der Waals surface area contributed by atoms with E-state index in [9.17, 15) is 0 Å². The maximum atomic E-state index is 9.05. The highest BCUT2D eigenvalue weighted by Crippen LogP contribution is 2.35. The molecule has 1 fully saturated rings. The van der Waals surface area contributed by atoms with Crippen molar-refractivity contribution in [3.05, 3.63) is 11.9 Å². The lowest BCUT2D eigenvalue weighted by atomic mass is 10.0. The zero-order chi connectivity index (χ0) is 14.5. The largest absolute Gasteiger partial charge is 0.396 e. The monoisotopic (exact) mass is 278 g/mol. The number of hydrogen-bond acceptors (Lipinski definition) is 5. The zero-order valence-electron chi connectivity index (χ0n) is 12.8. The molecule has 0 amide bonds. The van der Waals surface area contributed by atoms with E-state index in [0.717, 1.165) is 31.0 Å². The Morgan fingerprint density at radius 3 is 2.90 bits per heavy atom. The van der Waals surface area contributed by atoms with Crippen LogP contribution >= 0.6 is 0 Å². The molecule has 1 atom stereocenters. The molecule has 5 nitrogen and oxygen atoms in total. The number of aliphatic hydroxyl groups is 1. The van der Waals surface area contributed by atoms with Crippen LogP contribution in [-0.4, -0.2) is 41.3 Å². The first kappa shape index (κ1) is 15.0. The van der Waals surface area contributed by atoms with Gasteiger partial charge < -0.3 is 15.3 Å². The highest BCUT2D eigenvalue weighted by Gasteiger charge is 2.28. The predicted octanol–water partition coefficient (Wildman–Crippen LogP) is 2.38. The van der Waals surface area contributed by atoms with Crippen LogP contribution in [0.1, 0.15) is 51.0 Å². The summed E-state index contributed by atoms with van der Waals surface area (Å²) in [5.41, 5.74) is 1.20. The van der Waals surface area contributed by atoms with Gasteiger partial charge in [-0.3, -0.25) is 0 Å². The molecule has 20 heavy (non-hydrogen) atoms. The summed E-state index contributed by atoms with van der Waals surface area (Å²) in [5.74, 6) is 2.38. The molecule has 1 aromatic heterocycles. The fourth-order valence-electron chi connectivity index (χ4n) is 3.09. The normalized spacial score (nSPS) is 18.9. The molecule has 1 aliphatic heterocycles. The molecular formula is C15H26N4O. The van der Waals surface area contributed by atoms with Gasteiger partial charge in [0.1, 0.15) is 18.0 Å². The third-order valence-corrected chi connectivity index (χ3v) is 4.02. The van der Waals surface area contributed by atoms with Crippen LogP contribution in [-0.2, 0) is 0 Å². The molecule has 0 aromatic carbocycles. The van der Waals surface area contributed by atoms with Crippen LogP contribution in [0.25, 0.3) is 0 Å². The second kappa shape index (κ2) is 6.88. The van der Waals surface area contributed by atoms with E-state index >= 15 is 0 Å². The molecule has 0 bridgehead atoms. The molecule has 0 saturated carbocycles. The highest BCUT2D eigenvalue weighted by molar-refractivity contribution is 5.61. The van der Waals surface area contributed by atoms with Gasteiger partial charge in [0.2, 0.25) is 0 Å². The van der Waals surface area contributed by atoms with Crippen molar-refractivity contribution in [1.29, 1.82) is 0 Å². The van der Waals surface area contributed by atoms with Gasteiger partial charge in [-0.15, -0.1) is 0 Å². The van der Waals surface area contributed by atoms with Crippen LogP contribution < -0.4 is 10.2 Å². The van der Waals surface area contributed by atoms with Gasteiger partial charge in [0, 0.05) is 31.8 Å². The Labute approximate surface area is 121 Å². The van der Waals surface area contributed by atoms with Crippen molar-refractivity contribution < 1.29 is 5.11 Å².